The molecule has 0 aromatic carbocycles. The topological polar surface area (TPSA) is 131 Å². The zero-order valence-electron chi connectivity index (χ0n) is 35.7. The van der Waals surface area contributed by atoms with Crippen molar-refractivity contribution in [2.24, 2.45) is 5.73 Å². The summed E-state index contributed by atoms with van der Waals surface area (Å²) in [7, 11) is -4.35. The Labute approximate surface area is 339 Å². The average Bonchev–Trinajstić information content (AvgIpc) is 3.17. The van der Waals surface area contributed by atoms with Crippen molar-refractivity contribution in [2.45, 2.75) is 219 Å². The molecule has 3 unspecified atom stereocenters. The van der Waals surface area contributed by atoms with E-state index in [1.165, 1.54) is 122 Å². The van der Waals surface area contributed by atoms with Crippen LogP contribution in [-0.2, 0) is 18.4 Å². The molecule has 3 atom stereocenters. The van der Waals surface area contributed by atoms with E-state index in [-0.39, 0.29) is 25.7 Å². The molecule has 0 bridgehead atoms. The van der Waals surface area contributed by atoms with Crippen molar-refractivity contribution in [3.05, 3.63) is 48.6 Å². The monoisotopic (exact) mass is 795 g/mol. The van der Waals surface area contributed by atoms with Gasteiger partial charge in [-0.25, -0.2) is 4.57 Å². The van der Waals surface area contributed by atoms with Crippen LogP contribution in [0.3, 0.4) is 0 Å². The maximum Gasteiger partial charge on any atom is 0.472 e. The van der Waals surface area contributed by atoms with Crippen LogP contribution >= 0.6 is 7.82 Å². The predicted molar refractivity (Wildman–Crippen MR) is 235 cm³/mol. The van der Waals surface area contributed by atoms with Gasteiger partial charge in [-0.2, -0.15) is 0 Å². The molecule has 0 aliphatic rings. The second kappa shape index (κ2) is 42.1. The standard InChI is InChI=1S/C46H87N2O6P/c1-3-5-7-9-11-13-15-17-19-20-21-22-23-24-26-27-29-31-33-35-37-39-45(49)44(43-54-55(51,52)53-42-41-47)48-46(50)40-38-36-34-32-30-28-25-18-16-14-12-10-8-6-4-2/h18,23-25,29,31,37,39,44-45,49H,3-17,19-22,26-28,30,32-36,38,40-43,47H2,1-2H3,(H,48,50)(H,51,52)/b24-23+,25-18-,31-29+,39-37+. The summed E-state index contributed by atoms with van der Waals surface area (Å²) in [4.78, 5) is 22.7. The number of allylic oxidation sites excluding steroid dienone is 7. The van der Waals surface area contributed by atoms with Crippen molar-refractivity contribution in [1.82, 2.24) is 5.32 Å². The Hall–Kier alpha value is -1.54. The van der Waals surface area contributed by atoms with E-state index in [1.807, 2.05) is 6.08 Å². The number of nitrogens with one attached hydrogen (secondary N) is 1. The van der Waals surface area contributed by atoms with Crippen LogP contribution in [0.5, 0.6) is 0 Å². The molecule has 0 aromatic rings. The minimum Gasteiger partial charge on any atom is -0.387 e. The second-order valence-corrected chi connectivity index (χ2v) is 16.7. The number of hydrogen-bond donors (Lipinski definition) is 4. The van der Waals surface area contributed by atoms with E-state index in [9.17, 15) is 19.4 Å². The average molecular weight is 795 g/mol. The molecule has 1 amide bonds. The Bertz CT molecular complexity index is 1000. The molecule has 0 saturated carbocycles. The quantitative estimate of drug-likeness (QED) is 0.0275. The van der Waals surface area contributed by atoms with Crippen LogP contribution in [0.15, 0.2) is 48.6 Å². The molecule has 5 N–H and O–H groups in total. The van der Waals surface area contributed by atoms with Crippen molar-refractivity contribution >= 4 is 13.7 Å². The first-order valence-corrected chi connectivity index (χ1v) is 24.3. The van der Waals surface area contributed by atoms with E-state index in [4.69, 9.17) is 14.8 Å². The summed E-state index contributed by atoms with van der Waals surface area (Å²) in [5.41, 5.74) is 5.37. The molecule has 0 spiro atoms. The fourth-order valence-electron chi connectivity index (χ4n) is 6.39. The van der Waals surface area contributed by atoms with Crippen molar-refractivity contribution in [3.8, 4) is 0 Å². The summed E-state index contributed by atoms with van der Waals surface area (Å²) in [5.74, 6) is -0.217. The summed E-state index contributed by atoms with van der Waals surface area (Å²) in [6.45, 7) is 4.10. The van der Waals surface area contributed by atoms with Gasteiger partial charge in [0.15, 0.2) is 0 Å². The first-order valence-electron chi connectivity index (χ1n) is 22.8. The van der Waals surface area contributed by atoms with Gasteiger partial charge in [0.1, 0.15) is 0 Å². The Morgan fingerprint density at radius 2 is 0.964 bits per heavy atom. The Morgan fingerprint density at radius 1 is 0.582 bits per heavy atom. The number of unbranched alkanes of at least 4 members (excludes halogenated alkanes) is 24. The molecule has 322 valence electrons. The van der Waals surface area contributed by atoms with E-state index in [0.29, 0.717) is 6.42 Å². The molecule has 0 saturated heterocycles. The molecule has 8 nitrogen and oxygen atoms in total. The van der Waals surface area contributed by atoms with Crippen molar-refractivity contribution in [2.75, 3.05) is 19.8 Å². The summed E-state index contributed by atoms with van der Waals surface area (Å²) in [5, 5.41) is 13.7. The maximum absolute atomic E-state index is 12.7. The lowest BCUT2D eigenvalue weighted by molar-refractivity contribution is -0.123. The third kappa shape index (κ3) is 40.5. The smallest absolute Gasteiger partial charge is 0.387 e. The Kier molecular flexibility index (Phi) is 40.9. The van der Waals surface area contributed by atoms with Gasteiger partial charge in [-0.15, -0.1) is 0 Å². The minimum absolute atomic E-state index is 0.0695. The van der Waals surface area contributed by atoms with Crippen LogP contribution in [0.1, 0.15) is 206 Å². The van der Waals surface area contributed by atoms with E-state index >= 15 is 0 Å². The van der Waals surface area contributed by atoms with Crippen LogP contribution in [0, 0.1) is 0 Å². The summed E-state index contributed by atoms with van der Waals surface area (Å²) < 4.78 is 22.1. The molecule has 0 rings (SSSR count). The highest BCUT2D eigenvalue weighted by molar-refractivity contribution is 7.47. The highest BCUT2D eigenvalue weighted by Crippen LogP contribution is 2.43. The van der Waals surface area contributed by atoms with Gasteiger partial charge < -0.3 is 21.1 Å². The zero-order valence-corrected chi connectivity index (χ0v) is 36.6. The van der Waals surface area contributed by atoms with Gasteiger partial charge in [0.05, 0.1) is 25.4 Å². The largest absolute Gasteiger partial charge is 0.472 e. The predicted octanol–water partition coefficient (Wildman–Crippen LogP) is 12.9. The molecule has 9 heteroatoms. The number of aliphatic hydroxyl groups is 1. The molecule has 0 radical (unpaired) electrons. The van der Waals surface area contributed by atoms with Crippen LogP contribution < -0.4 is 11.1 Å². The molecule has 55 heavy (non-hydrogen) atoms. The number of aliphatic hydroxyl groups excluding tert-OH is 1. The van der Waals surface area contributed by atoms with Crippen molar-refractivity contribution < 1.29 is 28.4 Å². The lowest BCUT2D eigenvalue weighted by Gasteiger charge is -2.23. The summed E-state index contributed by atoms with van der Waals surface area (Å²) in [6.07, 6.45) is 51.7. The third-order valence-corrected chi connectivity index (χ3v) is 10.8. The summed E-state index contributed by atoms with van der Waals surface area (Å²) >= 11 is 0. The van der Waals surface area contributed by atoms with Gasteiger partial charge in [0.25, 0.3) is 0 Å². The minimum atomic E-state index is -4.35. The second-order valence-electron chi connectivity index (χ2n) is 15.2. The number of carbonyl (C=O) groups excluding carboxylic acids is 1. The van der Waals surface area contributed by atoms with Gasteiger partial charge >= 0.3 is 7.82 Å². The maximum atomic E-state index is 12.7. The van der Waals surface area contributed by atoms with E-state index in [1.54, 1.807) is 6.08 Å². The number of phosphoric ester groups is 1. The number of rotatable bonds is 42. The molecular formula is C46H87N2O6P. The molecule has 0 fully saturated rings. The third-order valence-electron chi connectivity index (χ3n) is 9.85. The van der Waals surface area contributed by atoms with Crippen molar-refractivity contribution in [3.63, 3.8) is 0 Å². The number of phosphoric acid groups is 1. The van der Waals surface area contributed by atoms with E-state index < -0.39 is 20.0 Å². The number of nitrogens with two attached hydrogens (primary N) is 1. The van der Waals surface area contributed by atoms with Crippen LogP contribution in [0.4, 0.5) is 0 Å². The van der Waals surface area contributed by atoms with E-state index in [2.05, 4.69) is 55.6 Å². The number of hydrogen-bond acceptors (Lipinski definition) is 6. The first kappa shape index (κ1) is 53.5. The first-order chi connectivity index (χ1) is 26.9. The zero-order chi connectivity index (χ0) is 40.3. The highest BCUT2D eigenvalue weighted by Gasteiger charge is 2.26. The Balaban J connectivity index is 4.28. The van der Waals surface area contributed by atoms with Gasteiger partial charge in [0, 0.05) is 13.0 Å². The fraction of sp³-hybridized carbons (Fsp3) is 0.804. The lowest BCUT2D eigenvalue weighted by Crippen LogP contribution is -2.45. The molecule has 0 aromatic heterocycles. The molecule has 0 aliphatic heterocycles. The highest BCUT2D eigenvalue weighted by atomic mass is 31.2. The van der Waals surface area contributed by atoms with Crippen LogP contribution in [0.2, 0.25) is 0 Å². The van der Waals surface area contributed by atoms with E-state index in [0.717, 1.165) is 64.2 Å². The summed E-state index contributed by atoms with van der Waals surface area (Å²) in [6, 6.07) is -0.888. The number of amides is 1. The van der Waals surface area contributed by atoms with Gasteiger partial charge in [-0.1, -0.05) is 178 Å². The van der Waals surface area contributed by atoms with Crippen LogP contribution in [-0.4, -0.2) is 47.8 Å². The number of carbonyl (C=O) groups is 1. The van der Waals surface area contributed by atoms with Crippen molar-refractivity contribution in [1.29, 1.82) is 0 Å². The normalized spacial score (nSPS) is 14.5. The molecule has 0 heterocycles. The van der Waals surface area contributed by atoms with Crippen LogP contribution in [0.25, 0.3) is 0 Å². The van der Waals surface area contributed by atoms with Gasteiger partial charge in [0.2, 0.25) is 5.91 Å². The fourth-order valence-corrected chi connectivity index (χ4v) is 7.15. The SMILES string of the molecule is CCCCCCCC/C=C\CCCCCCCC(=O)NC(COP(=O)(O)OCCN)C(O)/C=C/CC/C=C/CC/C=C/CCCCCCCCCCCCC. The Morgan fingerprint density at radius 3 is 1.40 bits per heavy atom. The van der Waals surface area contributed by atoms with Gasteiger partial charge in [-0.05, 0) is 70.6 Å². The lowest BCUT2D eigenvalue weighted by atomic mass is 10.1. The molecular weight excluding hydrogens is 707 g/mol. The van der Waals surface area contributed by atoms with Gasteiger partial charge in [-0.3, -0.25) is 13.8 Å². The molecule has 0 aliphatic carbocycles.